The summed E-state index contributed by atoms with van der Waals surface area (Å²) in [6.45, 7) is 2.46. The lowest BCUT2D eigenvalue weighted by Crippen LogP contribution is -2.28. The molecule has 0 saturated heterocycles. The van der Waals surface area contributed by atoms with Crippen molar-refractivity contribution in [1.29, 1.82) is 0 Å². The van der Waals surface area contributed by atoms with E-state index >= 15 is 0 Å². The molecule has 8 nitrogen and oxygen atoms in total. The number of nitrogens with one attached hydrogen (secondary N) is 1. The van der Waals surface area contributed by atoms with Crippen molar-refractivity contribution >= 4 is 29.4 Å². The number of nitrogens with zero attached hydrogens (tertiary/aromatic N) is 3. The van der Waals surface area contributed by atoms with Crippen LogP contribution in [0.15, 0.2) is 59.4 Å². The highest BCUT2D eigenvalue weighted by Gasteiger charge is 2.35. The maximum Gasteiger partial charge on any atom is 0.416 e. The zero-order valence-electron chi connectivity index (χ0n) is 18.7. The van der Waals surface area contributed by atoms with Crippen LogP contribution in [0.5, 0.6) is 5.75 Å². The molecular formula is C23H23F3N4O4. The summed E-state index contributed by atoms with van der Waals surface area (Å²) in [5, 5.41) is 0. The van der Waals surface area contributed by atoms with Crippen LogP contribution in [-0.2, 0) is 15.8 Å². The summed E-state index contributed by atoms with van der Waals surface area (Å²) >= 11 is 0. The second-order valence-corrected chi connectivity index (χ2v) is 7.30. The third-order valence-corrected chi connectivity index (χ3v) is 4.87. The molecule has 0 aliphatic carbocycles. The Morgan fingerprint density at radius 2 is 1.97 bits per heavy atom. The van der Waals surface area contributed by atoms with E-state index in [4.69, 9.17) is 9.57 Å². The van der Waals surface area contributed by atoms with Crippen molar-refractivity contribution in [3.05, 3.63) is 65.5 Å². The minimum Gasteiger partial charge on any atom is -0.487 e. The number of alkyl halides is 3. The predicted octanol–water partition coefficient (Wildman–Crippen LogP) is 3.92. The van der Waals surface area contributed by atoms with Gasteiger partial charge in [-0.15, -0.1) is 0 Å². The summed E-state index contributed by atoms with van der Waals surface area (Å²) in [7, 11) is 3.17. The number of hydrogen-bond acceptors (Lipinski definition) is 6. The van der Waals surface area contributed by atoms with Gasteiger partial charge in [0.1, 0.15) is 12.4 Å². The highest BCUT2D eigenvalue weighted by molar-refractivity contribution is 6.52. The Morgan fingerprint density at radius 3 is 2.65 bits per heavy atom. The first kappa shape index (κ1) is 24.8. The summed E-state index contributed by atoms with van der Waals surface area (Å²) in [5.41, 5.74) is 2.90. The second kappa shape index (κ2) is 10.4. The largest absolute Gasteiger partial charge is 0.487 e. The summed E-state index contributed by atoms with van der Waals surface area (Å²) in [5.74, 6) is -1.53. The van der Waals surface area contributed by atoms with Crippen LogP contribution >= 0.6 is 0 Å². The van der Waals surface area contributed by atoms with Crippen LogP contribution < -0.4 is 15.1 Å². The Labute approximate surface area is 194 Å². The van der Waals surface area contributed by atoms with Gasteiger partial charge < -0.3 is 9.64 Å². The zero-order chi connectivity index (χ0) is 24.9. The smallest absolute Gasteiger partial charge is 0.416 e. The average Bonchev–Trinajstić information content (AvgIpc) is 3.05. The number of carbonyl (C=O) groups excluding carboxylic acids is 2. The molecule has 180 valence electrons. The Morgan fingerprint density at radius 1 is 1.21 bits per heavy atom. The van der Waals surface area contributed by atoms with Gasteiger partial charge in [-0.3, -0.25) is 24.8 Å². The Kier molecular flexibility index (Phi) is 7.57. The van der Waals surface area contributed by atoms with Gasteiger partial charge in [-0.05, 0) is 43.3 Å². The number of benzene rings is 2. The van der Waals surface area contributed by atoms with Gasteiger partial charge in [-0.25, -0.2) is 4.99 Å². The van der Waals surface area contributed by atoms with Crippen LogP contribution in [0.2, 0.25) is 0 Å². The van der Waals surface area contributed by atoms with E-state index in [1.165, 1.54) is 31.5 Å². The van der Waals surface area contributed by atoms with Gasteiger partial charge in [0.15, 0.2) is 0 Å². The minimum atomic E-state index is -4.51. The lowest BCUT2D eigenvalue weighted by molar-refractivity contribution is -0.137. The molecule has 0 atom stereocenters. The molecule has 2 aromatic carbocycles. The second-order valence-electron chi connectivity index (χ2n) is 7.30. The minimum absolute atomic E-state index is 0.0256. The van der Waals surface area contributed by atoms with Gasteiger partial charge in [0.05, 0.1) is 41.6 Å². The van der Waals surface area contributed by atoms with Gasteiger partial charge in [-0.2, -0.15) is 13.2 Å². The first-order chi connectivity index (χ1) is 16.1. The molecule has 1 amide bonds. The Balaban J connectivity index is 1.83. The number of halogens is 3. The fourth-order valence-corrected chi connectivity index (χ4v) is 3.01. The van der Waals surface area contributed by atoms with Crippen LogP contribution in [0.1, 0.15) is 22.8 Å². The summed E-state index contributed by atoms with van der Waals surface area (Å²) in [4.78, 5) is 37.3. The van der Waals surface area contributed by atoms with E-state index in [-0.39, 0.29) is 23.6 Å². The lowest BCUT2D eigenvalue weighted by Gasteiger charge is -2.16. The quantitative estimate of drug-likeness (QED) is 0.256. The van der Waals surface area contributed by atoms with Crippen molar-refractivity contribution in [2.24, 2.45) is 4.99 Å². The van der Waals surface area contributed by atoms with Crippen molar-refractivity contribution in [3.8, 4) is 5.75 Å². The van der Waals surface area contributed by atoms with E-state index in [9.17, 15) is 22.8 Å². The maximum atomic E-state index is 12.9. The molecule has 0 unspecified atom stereocenters. The number of hydroxylamine groups is 1. The van der Waals surface area contributed by atoms with E-state index in [1.807, 2.05) is 18.9 Å². The standard InChI is InChI=1S/C23H23F3N4O4/c1-4-29(2)14-27-16-8-9-20-19(11-16)21(31)22(32)30(20)12-17(28-33-3)13-34-18-7-5-6-15(10-18)23(24,25)26/h5-12,14,28H,4,13H2,1-3H3. The molecule has 0 bridgehead atoms. The molecular weight excluding hydrogens is 453 g/mol. The summed E-state index contributed by atoms with van der Waals surface area (Å²) in [6.07, 6.45) is -1.59. The molecule has 0 spiro atoms. The monoisotopic (exact) mass is 476 g/mol. The highest BCUT2D eigenvalue weighted by Crippen LogP contribution is 2.33. The Hall–Kier alpha value is -3.86. The molecule has 0 aromatic heterocycles. The summed E-state index contributed by atoms with van der Waals surface area (Å²) in [6, 6.07) is 9.16. The van der Waals surface area contributed by atoms with Gasteiger partial charge in [-0.1, -0.05) is 6.07 Å². The predicted molar refractivity (Wildman–Crippen MR) is 120 cm³/mol. The van der Waals surface area contributed by atoms with Crippen molar-refractivity contribution in [1.82, 2.24) is 10.4 Å². The van der Waals surface area contributed by atoms with Gasteiger partial charge in [0.2, 0.25) is 0 Å². The van der Waals surface area contributed by atoms with Gasteiger partial charge in [0.25, 0.3) is 5.78 Å². The molecule has 1 heterocycles. The van der Waals surface area contributed by atoms with Crippen molar-refractivity contribution in [3.63, 3.8) is 0 Å². The van der Waals surface area contributed by atoms with Crippen molar-refractivity contribution < 1.29 is 32.3 Å². The summed E-state index contributed by atoms with van der Waals surface area (Å²) < 4.78 is 44.2. The van der Waals surface area contributed by atoms with Gasteiger partial charge in [0, 0.05) is 19.8 Å². The van der Waals surface area contributed by atoms with Crippen LogP contribution in [-0.4, -0.2) is 50.2 Å². The SMILES string of the molecule is CCN(C)C=Nc1ccc2c(c1)C(=O)C(=O)N2C=C(COc1cccc(C(F)(F)F)c1)NOC. The number of hydrogen-bond donors (Lipinski definition) is 1. The Bertz CT molecular complexity index is 1130. The molecule has 0 fully saturated rings. The number of Topliss-reactive ketones (excluding diaryl/α,β-unsaturated/α-hetero) is 1. The molecule has 2 aromatic rings. The first-order valence-corrected chi connectivity index (χ1v) is 10.2. The van der Waals surface area contributed by atoms with E-state index in [2.05, 4.69) is 10.5 Å². The topological polar surface area (TPSA) is 83.5 Å². The van der Waals surface area contributed by atoms with Crippen LogP contribution in [0.25, 0.3) is 0 Å². The third-order valence-electron chi connectivity index (χ3n) is 4.87. The van der Waals surface area contributed by atoms with E-state index in [0.29, 0.717) is 11.4 Å². The number of aliphatic imine (C=N–C) groups is 1. The molecule has 3 rings (SSSR count). The number of ketones is 1. The number of amides is 1. The number of ether oxygens (including phenoxy) is 1. The molecule has 0 saturated carbocycles. The van der Waals surface area contributed by atoms with E-state index in [1.54, 1.807) is 18.5 Å². The van der Waals surface area contributed by atoms with Crippen molar-refractivity contribution in [2.75, 3.05) is 32.2 Å². The molecule has 1 aliphatic heterocycles. The van der Waals surface area contributed by atoms with Crippen LogP contribution in [0, 0.1) is 0 Å². The van der Waals surface area contributed by atoms with E-state index < -0.39 is 23.4 Å². The molecule has 1 N–H and O–H groups in total. The van der Waals surface area contributed by atoms with Crippen LogP contribution in [0.4, 0.5) is 24.5 Å². The highest BCUT2D eigenvalue weighted by atomic mass is 19.4. The number of fused-ring (bicyclic) bond motifs is 1. The zero-order valence-corrected chi connectivity index (χ0v) is 18.7. The number of rotatable bonds is 9. The molecule has 0 radical (unpaired) electrons. The fraction of sp³-hybridized carbons (Fsp3) is 0.261. The fourth-order valence-electron chi connectivity index (χ4n) is 3.01. The number of anilines is 1. The first-order valence-electron chi connectivity index (χ1n) is 10.2. The van der Waals surface area contributed by atoms with E-state index in [0.717, 1.165) is 23.6 Å². The third kappa shape index (κ3) is 5.73. The van der Waals surface area contributed by atoms with Crippen LogP contribution in [0.3, 0.4) is 0 Å². The maximum absolute atomic E-state index is 12.9. The number of carbonyl (C=O) groups is 2. The molecule has 11 heteroatoms. The molecule has 34 heavy (non-hydrogen) atoms. The lowest BCUT2D eigenvalue weighted by atomic mass is 10.1. The molecule has 1 aliphatic rings. The van der Waals surface area contributed by atoms with Gasteiger partial charge >= 0.3 is 12.1 Å². The van der Waals surface area contributed by atoms with Crippen molar-refractivity contribution in [2.45, 2.75) is 13.1 Å². The normalized spacial score (nSPS) is 14.1. The average molecular weight is 476 g/mol.